The Balaban J connectivity index is 2.07. The normalized spacial score (nSPS) is 15.8. The van der Waals surface area contributed by atoms with Crippen molar-refractivity contribution in [2.75, 3.05) is 11.5 Å². The maximum absolute atomic E-state index is 13.0. The zero-order chi connectivity index (χ0) is 20.4. The van der Waals surface area contributed by atoms with Gasteiger partial charge in [0.25, 0.3) is 11.8 Å². The fourth-order valence-electron chi connectivity index (χ4n) is 2.61. The topological polar surface area (TPSA) is 78.9 Å². The quantitative estimate of drug-likeness (QED) is 0.391. The van der Waals surface area contributed by atoms with Crippen LogP contribution in [0.2, 0.25) is 5.02 Å². The molecule has 0 radical (unpaired) electrons. The number of aromatic hydroxyl groups is 1. The summed E-state index contributed by atoms with van der Waals surface area (Å²) in [6.45, 7) is 2.12. The monoisotopic (exact) mass is 480 g/mol. The Bertz CT molecular complexity index is 1020. The molecule has 9 heteroatoms. The van der Waals surface area contributed by atoms with Gasteiger partial charge in [0.2, 0.25) is 0 Å². The number of hydrogen-bond acceptors (Lipinski definition) is 5. The van der Waals surface area contributed by atoms with E-state index in [-0.39, 0.29) is 22.2 Å². The highest BCUT2D eigenvalue weighted by molar-refractivity contribution is 9.10. The van der Waals surface area contributed by atoms with Gasteiger partial charge in [-0.15, -0.1) is 0 Å². The Labute approximate surface area is 179 Å². The van der Waals surface area contributed by atoms with Crippen molar-refractivity contribution in [3.63, 3.8) is 0 Å². The fourth-order valence-corrected chi connectivity index (χ4v) is 3.55. The molecule has 1 fully saturated rings. The molecule has 0 unspecified atom stereocenters. The number of phenols is 1. The minimum atomic E-state index is -0.628. The summed E-state index contributed by atoms with van der Waals surface area (Å²) in [5, 5.41) is 12.7. The van der Waals surface area contributed by atoms with Crippen LogP contribution in [0, 0.1) is 0 Å². The number of carbonyl (C=O) groups excluding carboxylic acids is 2. The van der Waals surface area contributed by atoms with Gasteiger partial charge < -0.3 is 9.84 Å². The molecular weight excluding hydrogens is 468 g/mol. The third kappa shape index (κ3) is 3.89. The maximum Gasteiger partial charge on any atom is 0.270 e. The van der Waals surface area contributed by atoms with Gasteiger partial charge in [0.15, 0.2) is 16.6 Å². The highest BCUT2D eigenvalue weighted by atomic mass is 79.9. The molecule has 2 aromatic rings. The average Bonchev–Trinajstić information content (AvgIpc) is 2.63. The summed E-state index contributed by atoms with van der Waals surface area (Å²) in [7, 11) is 0. The van der Waals surface area contributed by atoms with Crippen LogP contribution in [0.4, 0.5) is 5.69 Å². The predicted octanol–water partition coefficient (Wildman–Crippen LogP) is 4.04. The number of nitrogens with one attached hydrogen (secondary N) is 1. The smallest absolute Gasteiger partial charge is 0.270 e. The van der Waals surface area contributed by atoms with E-state index in [4.69, 9.17) is 28.6 Å². The second-order valence-corrected chi connectivity index (χ2v) is 7.33. The number of phenolic OH excluding ortho intramolecular Hbond substituents is 1. The third-order valence-electron chi connectivity index (χ3n) is 3.87. The van der Waals surface area contributed by atoms with Crippen LogP contribution < -0.4 is 15.0 Å². The van der Waals surface area contributed by atoms with Crippen LogP contribution in [0.15, 0.2) is 46.4 Å². The number of anilines is 1. The molecule has 0 atom stereocenters. The first-order valence-electron chi connectivity index (χ1n) is 8.14. The van der Waals surface area contributed by atoms with Crippen LogP contribution in [-0.4, -0.2) is 28.6 Å². The summed E-state index contributed by atoms with van der Waals surface area (Å²) in [5.74, 6) is -1.06. The predicted molar refractivity (Wildman–Crippen MR) is 115 cm³/mol. The van der Waals surface area contributed by atoms with E-state index in [0.717, 1.165) is 0 Å². The van der Waals surface area contributed by atoms with E-state index in [1.807, 2.05) is 0 Å². The van der Waals surface area contributed by atoms with Gasteiger partial charge in [-0.1, -0.05) is 39.7 Å². The number of amides is 2. The first-order valence-corrected chi connectivity index (χ1v) is 9.72. The van der Waals surface area contributed by atoms with Crippen molar-refractivity contribution in [1.29, 1.82) is 0 Å². The second-order valence-electron chi connectivity index (χ2n) is 5.68. The van der Waals surface area contributed by atoms with E-state index >= 15 is 0 Å². The number of hydrogen-bond donors (Lipinski definition) is 2. The van der Waals surface area contributed by atoms with Gasteiger partial charge in [-0.05, 0) is 55.0 Å². The van der Waals surface area contributed by atoms with Gasteiger partial charge in [0.1, 0.15) is 5.57 Å². The number of carbonyl (C=O) groups is 2. The lowest BCUT2D eigenvalue weighted by atomic mass is 10.1. The van der Waals surface area contributed by atoms with Crippen molar-refractivity contribution >= 4 is 68.4 Å². The fraction of sp³-hybridized carbons (Fsp3) is 0.105. The highest BCUT2D eigenvalue weighted by Gasteiger charge is 2.35. The lowest BCUT2D eigenvalue weighted by molar-refractivity contribution is -0.122. The Morgan fingerprint density at radius 2 is 2.04 bits per heavy atom. The van der Waals surface area contributed by atoms with Crippen LogP contribution in [0.3, 0.4) is 0 Å². The standard InChI is InChI=1S/C19H14BrClN2O4S/c1-2-27-16-8-10(12(20)9-15(16)24)7-11-17(25)22-19(28)23(18(11)26)14-6-4-3-5-13(14)21/h3-9,24H,2H2,1H3,(H,22,25,28)/b11-7+. The van der Waals surface area contributed by atoms with Crippen molar-refractivity contribution in [2.24, 2.45) is 0 Å². The van der Waals surface area contributed by atoms with E-state index in [0.29, 0.717) is 27.4 Å². The minimum absolute atomic E-state index is 0.0555. The number of nitrogens with zero attached hydrogens (tertiary/aromatic N) is 1. The van der Waals surface area contributed by atoms with E-state index in [2.05, 4.69) is 21.2 Å². The molecule has 1 heterocycles. The Kier molecular flexibility index (Phi) is 6.02. The Morgan fingerprint density at radius 3 is 2.71 bits per heavy atom. The molecule has 144 valence electrons. The summed E-state index contributed by atoms with van der Waals surface area (Å²) in [6, 6.07) is 9.65. The molecule has 0 aromatic heterocycles. The average molecular weight is 482 g/mol. The number of ether oxygens (including phenoxy) is 1. The summed E-state index contributed by atoms with van der Waals surface area (Å²) < 4.78 is 5.85. The van der Waals surface area contributed by atoms with Crippen LogP contribution in [0.1, 0.15) is 12.5 Å². The van der Waals surface area contributed by atoms with Gasteiger partial charge in [-0.3, -0.25) is 19.8 Å². The SMILES string of the molecule is CCOc1cc(/C=C2\C(=O)NC(=S)N(c3ccccc3Cl)C2=O)c(Br)cc1O. The van der Waals surface area contributed by atoms with Gasteiger partial charge in [0, 0.05) is 4.47 Å². The zero-order valence-electron chi connectivity index (χ0n) is 14.5. The summed E-state index contributed by atoms with van der Waals surface area (Å²) in [6.07, 6.45) is 1.40. The van der Waals surface area contributed by atoms with E-state index in [9.17, 15) is 14.7 Å². The molecule has 1 aliphatic heterocycles. The van der Waals surface area contributed by atoms with Crippen LogP contribution >= 0.6 is 39.7 Å². The first kappa shape index (κ1) is 20.3. The third-order valence-corrected chi connectivity index (χ3v) is 5.16. The number of thiocarbonyl (C=S) groups is 1. The molecule has 6 nitrogen and oxygen atoms in total. The number of rotatable bonds is 4. The van der Waals surface area contributed by atoms with E-state index in [1.54, 1.807) is 31.2 Å². The molecule has 2 N–H and O–H groups in total. The molecule has 2 amide bonds. The molecule has 28 heavy (non-hydrogen) atoms. The van der Waals surface area contributed by atoms with Crippen molar-refractivity contribution in [2.45, 2.75) is 6.92 Å². The molecule has 0 spiro atoms. The van der Waals surface area contributed by atoms with Gasteiger partial charge in [-0.2, -0.15) is 0 Å². The van der Waals surface area contributed by atoms with Crippen LogP contribution in [0.5, 0.6) is 11.5 Å². The number of halogens is 2. The first-order chi connectivity index (χ1) is 13.3. The van der Waals surface area contributed by atoms with Crippen LogP contribution in [-0.2, 0) is 9.59 Å². The molecule has 2 aromatic carbocycles. The van der Waals surface area contributed by atoms with Crippen molar-refractivity contribution < 1.29 is 19.4 Å². The molecule has 1 saturated heterocycles. The van der Waals surface area contributed by atoms with Crippen molar-refractivity contribution in [1.82, 2.24) is 5.32 Å². The van der Waals surface area contributed by atoms with Crippen molar-refractivity contribution in [3.8, 4) is 11.5 Å². The molecule has 1 aliphatic rings. The number of benzene rings is 2. The van der Waals surface area contributed by atoms with Gasteiger partial charge >= 0.3 is 0 Å². The Morgan fingerprint density at radius 1 is 1.32 bits per heavy atom. The summed E-state index contributed by atoms with van der Waals surface area (Å²) in [5.41, 5.74) is 0.707. The van der Waals surface area contributed by atoms with Gasteiger partial charge in [0.05, 0.1) is 17.3 Å². The molecular formula is C19H14BrClN2O4S. The highest BCUT2D eigenvalue weighted by Crippen LogP contribution is 2.35. The maximum atomic E-state index is 13.0. The molecule has 3 rings (SSSR count). The van der Waals surface area contributed by atoms with E-state index < -0.39 is 11.8 Å². The van der Waals surface area contributed by atoms with Gasteiger partial charge in [-0.25, -0.2) is 0 Å². The molecule has 0 aliphatic carbocycles. The summed E-state index contributed by atoms with van der Waals surface area (Å²) in [4.78, 5) is 26.6. The minimum Gasteiger partial charge on any atom is -0.504 e. The molecule has 0 bridgehead atoms. The van der Waals surface area contributed by atoms with E-state index in [1.165, 1.54) is 23.1 Å². The Hall–Kier alpha value is -2.42. The number of para-hydroxylation sites is 1. The lowest BCUT2D eigenvalue weighted by Gasteiger charge is -2.29. The summed E-state index contributed by atoms with van der Waals surface area (Å²) >= 11 is 14.7. The van der Waals surface area contributed by atoms with Crippen LogP contribution in [0.25, 0.3) is 6.08 Å². The van der Waals surface area contributed by atoms with Crippen molar-refractivity contribution in [3.05, 3.63) is 57.0 Å². The lowest BCUT2D eigenvalue weighted by Crippen LogP contribution is -2.54. The molecule has 0 saturated carbocycles. The zero-order valence-corrected chi connectivity index (χ0v) is 17.7. The second kappa shape index (κ2) is 8.30. The largest absolute Gasteiger partial charge is 0.504 e.